The number of aromatic nitrogens is 4. The molecular weight excluding hydrogens is 410 g/mol. The third-order valence-corrected chi connectivity index (χ3v) is 5.83. The molecule has 4 rings (SSSR count). The van der Waals surface area contributed by atoms with Crippen LogP contribution in [0.4, 0.5) is 5.95 Å². The van der Waals surface area contributed by atoms with Gasteiger partial charge < -0.3 is 20.3 Å². The van der Waals surface area contributed by atoms with Crippen molar-refractivity contribution in [3.8, 4) is 0 Å². The number of hydrogen-bond acceptors (Lipinski definition) is 6. The fraction of sp³-hybridized carbons (Fsp3) is 0.450. The van der Waals surface area contributed by atoms with E-state index in [0.717, 1.165) is 5.56 Å². The normalized spacial score (nSPS) is 24.0. The number of nitrogens with zero attached hydrogens (tertiary/aromatic N) is 3. The largest absolute Gasteiger partial charge is 0.386 e. The number of benzene rings is 1. The number of ether oxygens (including phenoxy) is 2. The van der Waals surface area contributed by atoms with Crippen LogP contribution in [0.15, 0.2) is 35.4 Å². The Bertz CT molecular complexity index is 1100. The Labute approximate surface area is 178 Å². The molecule has 0 aliphatic carbocycles. The van der Waals surface area contributed by atoms with E-state index in [2.05, 4.69) is 9.97 Å². The third-order valence-electron chi connectivity index (χ3n) is 5.57. The zero-order chi connectivity index (χ0) is 21.4. The summed E-state index contributed by atoms with van der Waals surface area (Å²) in [5.74, 6) is -0.0987. The average Bonchev–Trinajstić information content (AvgIpc) is 3.19. The molecule has 0 saturated carbocycles. The lowest BCUT2D eigenvalue weighted by molar-refractivity contribution is -0.745. The quantitative estimate of drug-likeness (QED) is 0.502. The van der Waals surface area contributed by atoms with Gasteiger partial charge in [0.25, 0.3) is 11.5 Å². The molecular formula is C20H25ClN5O4+. The van der Waals surface area contributed by atoms with E-state index < -0.39 is 12.3 Å². The van der Waals surface area contributed by atoms with Crippen molar-refractivity contribution in [2.45, 2.75) is 38.3 Å². The van der Waals surface area contributed by atoms with E-state index in [9.17, 15) is 9.90 Å². The van der Waals surface area contributed by atoms with Crippen LogP contribution in [0.2, 0.25) is 5.02 Å². The van der Waals surface area contributed by atoms with Gasteiger partial charge in [-0.2, -0.15) is 0 Å². The van der Waals surface area contributed by atoms with Gasteiger partial charge in [0.1, 0.15) is 6.10 Å². The van der Waals surface area contributed by atoms with Crippen molar-refractivity contribution in [1.29, 1.82) is 0 Å². The number of anilines is 1. The van der Waals surface area contributed by atoms with Crippen LogP contribution in [0, 0.1) is 5.92 Å². The van der Waals surface area contributed by atoms with Gasteiger partial charge in [0, 0.05) is 24.7 Å². The number of H-pyrrole nitrogens is 1. The highest BCUT2D eigenvalue weighted by molar-refractivity contribution is 6.30. The summed E-state index contributed by atoms with van der Waals surface area (Å²) in [7, 11) is 1.63. The van der Waals surface area contributed by atoms with Gasteiger partial charge in [-0.1, -0.05) is 28.7 Å². The standard InChI is InChI=1S/C20H24ClN5O4/c1-11-14(7-8-29-2)16(27)19(30-11)26-10-25(9-12-3-5-13(21)6-4-12)15-17(26)23-20(22)24-18(15)28/h3-6,10-11,14,16,19,27H,7-9H2,1-2H3,(H2-,22,23,24,28)/p+1/t11-,14-,16-,19?/m1/s1. The van der Waals surface area contributed by atoms with Crippen molar-refractivity contribution in [2.75, 3.05) is 19.5 Å². The zero-order valence-electron chi connectivity index (χ0n) is 16.8. The maximum absolute atomic E-state index is 12.7. The molecule has 1 aliphatic rings. The number of halogens is 1. The minimum Gasteiger partial charge on any atom is -0.386 e. The predicted octanol–water partition coefficient (Wildman–Crippen LogP) is 1.23. The lowest BCUT2D eigenvalue weighted by atomic mass is 9.95. The summed E-state index contributed by atoms with van der Waals surface area (Å²) in [6, 6.07) is 7.37. The van der Waals surface area contributed by atoms with E-state index in [4.69, 9.17) is 26.8 Å². The number of aromatic amines is 1. The molecule has 160 valence electrons. The van der Waals surface area contributed by atoms with Crippen molar-refractivity contribution in [2.24, 2.45) is 5.92 Å². The average molecular weight is 435 g/mol. The van der Waals surface area contributed by atoms with Gasteiger partial charge in [0.2, 0.25) is 11.7 Å². The maximum Gasteiger partial charge on any atom is 0.313 e. The zero-order valence-corrected chi connectivity index (χ0v) is 17.5. The van der Waals surface area contributed by atoms with Crippen LogP contribution in [0.25, 0.3) is 11.2 Å². The van der Waals surface area contributed by atoms with E-state index in [1.807, 2.05) is 19.1 Å². The number of imidazole rings is 1. The molecule has 3 aromatic rings. The molecule has 10 heteroatoms. The van der Waals surface area contributed by atoms with Gasteiger partial charge in [-0.15, -0.1) is 0 Å². The van der Waals surface area contributed by atoms with Crippen molar-refractivity contribution < 1.29 is 19.1 Å². The molecule has 1 unspecified atom stereocenters. The Balaban J connectivity index is 1.77. The smallest absolute Gasteiger partial charge is 0.313 e. The number of nitrogens with two attached hydrogens (primary N) is 1. The van der Waals surface area contributed by atoms with Crippen LogP contribution in [-0.4, -0.2) is 45.6 Å². The highest BCUT2D eigenvalue weighted by Gasteiger charge is 2.45. The first-order valence-corrected chi connectivity index (χ1v) is 10.1. The minimum absolute atomic E-state index is 0.00182. The maximum atomic E-state index is 12.7. The number of fused-ring (bicyclic) bond motifs is 1. The van der Waals surface area contributed by atoms with Crippen LogP contribution in [0.3, 0.4) is 0 Å². The highest BCUT2D eigenvalue weighted by atomic mass is 35.5. The molecule has 9 nitrogen and oxygen atoms in total. The molecule has 0 spiro atoms. The minimum atomic E-state index is -0.781. The molecule has 30 heavy (non-hydrogen) atoms. The van der Waals surface area contributed by atoms with Crippen LogP contribution in [-0.2, 0) is 16.0 Å². The molecule has 2 aromatic heterocycles. The van der Waals surface area contributed by atoms with E-state index >= 15 is 0 Å². The molecule has 1 aromatic carbocycles. The van der Waals surface area contributed by atoms with E-state index in [1.54, 1.807) is 34.7 Å². The van der Waals surface area contributed by atoms with Crippen molar-refractivity contribution in [3.63, 3.8) is 0 Å². The molecule has 1 aliphatic heterocycles. The number of aliphatic hydroxyl groups is 1. The summed E-state index contributed by atoms with van der Waals surface area (Å²) >= 11 is 5.98. The second kappa shape index (κ2) is 8.35. The molecule has 0 amide bonds. The highest BCUT2D eigenvalue weighted by Crippen LogP contribution is 2.33. The summed E-state index contributed by atoms with van der Waals surface area (Å²) in [4.78, 5) is 19.6. The van der Waals surface area contributed by atoms with Gasteiger partial charge in [0.15, 0.2) is 6.33 Å². The fourth-order valence-corrected chi connectivity index (χ4v) is 4.17. The lowest BCUT2D eigenvalue weighted by Gasteiger charge is -2.16. The van der Waals surface area contributed by atoms with E-state index in [0.29, 0.717) is 35.8 Å². The van der Waals surface area contributed by atoms with Crippen molar-refractivity contribution >= 4 is 28.7 Å². The molecule has 4 atom stereocenters. The predicted molar refractivity (Wildman–Crippen MR) is 111 cm³/mol. The summed E-state index contributed by atoms with van der Waals surface area (Å²) < 4.78 is 14.7. The second-order valence-electron chi connectivity index (χ2n) is 7.57. The second-order valence-corrected chi connectivity index (χ2v) is 8.00. The summed E-state index contributed by atoms with van der Waals surface area (Å²) in [5.41, 5.74) is 7.11. The monoisotopic (exact) mass is 434 g/mol. The van der Waals surface area contributed by atoms with Crippen LogP contribution in [0.5, 0.6) is 0 Å². The van der Waals surface area contributed by atoms with E-state index in [1.165, 1.54) is 0 Å². The molecule has 4 N–H and O–H groups in total. The SMILES string of the molecule is COCC[C@@H]1[C@@H](C)OC([n+]2cn(Cc3ccc(Cl)cc3)c3c(=O)[nH]c(N)nc32)[C@@H]1O. The summed E-state index contributed by atoms with van der Waals surface area (Å²) in [6.45, 7) is 2.86. The number of rotatable bonds is 6. The number of nitrogens with one attached hydrogen (secondary N) is 1. The number of nitrogen functional groups attached to an aromatic ring is 1. The van der Waals surface area contributed by atoms with Crippen LogP contribution in [0.1, 0.15) is 25.1 Å². The Morgan fingerprint density at radius 3 is 2.83 bits per heavy atom. The molecule has 0 bridgehead atoms. The van der Waals surface area contributed by atoms with E-state index in [-0.39, 0.29) is 23.5 Å². The first kappa shape index (κ1) is 20.8. The Hall–Kier alpha value is -2.46. The Morgan fingerprint density at radius 2 is 2.13 bits per heavy atom. The Kier molecular flexibility index (Phi) is 5.79. The van der Waals surface area contributed by atoms with Gasteiger partial charge >= 0.3 is 5.65 Å². The van der Waals surface area contributed by atoms with Gasteiger partial charge in [-0.05, 0) is 31.0 Å². The van der Waals surface area contributed by atoms with Gasteiger partial charge in [-0.3, -0.25) is 14.3 Å². The topological polar surface area (TPSA) is 119 Å². The molecule has 1 fully saturated rings. The Morgan fingerprint density at radius 1 is 1.40 bits per heavy atom. The summed E-state index contributed by atoms with van der Waals surface area (Å²) in [5, 5.41) is 11.6. The number of methoxy groups -OCH3 is 1. The first-order chi connectivity index (χ1) is 14.4. The fourth-order valence-electron chi connectivity index (χ4n) is 4.05. The molecule has 3 heterocycles. The summed E-state index contributed by atoms with van der Waals surface area (Å²) in [6.07, 6.45) is 0.749. The third kappa shape index (κ3) is 3.81. The van der Waals surface area contributed by atoms with Crippen molar-refractivity contribution in [3.05, 3.63) is 51.5 Å². The lowest BCUT2D eigenvalue weighted by Crippen LogP contribution is -2.45. The first-order valence-electron chi connectivity index (χ1n) is 9.75. The van der Waals surface area contributed by atoms with Crippen molar-refractivity contribution in [1.82, 2.24) is 14.5 Å². The number of hydrogen-bond donors (Lipinski definition) is 3. The van der Waals surface area contributed by atoms with Gasteiger partial charge in [0.05, 0.1) is 12.6 Å². The van der Waals surface area contributed by atoms with Crippen LogP contribution < -0.4 is 15.9 Å². The molecule has 0 radical (unpaired) electrons. The molecule has 1 saturated heterocycles. The van der Waals surface area contributed by atoms with Gasteiger partial charge in [-0.25, -0.2) is 4.57 Å². The van der Waals surface area contributed by atoms with Crippen LogP contribution >= 0.6 is 11.6 Å². The number of aliphatic hydroxyl groups excluding tert-OH is 1.